The van der Waals surface area contributed by atoms with Crippen molar-refractivity contribution in [2.45, 2.75) is 276 Å². The van der Waals surface area contributed by atoms with Crippen molar-refractivity contribution in [2.75, 3.05) is 13.2 Å². The Bertz CT molecular complexity index is 1140. The Morgan fingerprint density at radius 1 is 0.581 bits per heavy atom. The lowest BCUT2D eigenvalue weighted by atomic mass is 9.93. The number of ether oxygens (including phenoxy) is 1. The van der Waals surface area contributed by atoms with E-state index in [4.69, 9.17) is 9.84 Å². The number of rotatable bonds is 41. The number of hydrogen-bond acceptors (Lipinski definition) is 8. The number of carboxylic acids is 1. The van der Waals surface area contributed by atoms with Gasteiger partial charge in [-0.25, -0.2) is 0 Å². The molecule has 62 heavy (non-hydrogen) atoms. The van der Waals surface area contributed by atoms with Gasteiger partial charge in [0.15, 0.2) is 6.23 Å². The van der Waals surface area contributed by atoms with E-state index in [1.807, 2.05) is 13.8 Å². The molecule has 6 N–H and O–H groups in total. The van der Waals surface area contributed by atoms with Gasteiger partial charge in [-0.1, -0.05) is 188 Å². The van der Waals surface area contributed by atoms with Gasteiger partial charge in [0, 0.05) is 25.8 Å². The minimum Gasteiger partial charge on any atom is -0.481 e. The Balaban J connectivity index is 2.95. The number of nitrogens with zero attached hydrogens (tertiary/aromatic N) is 1. The van der Waals surface area contributed by atoms with Gasteiger partial charge >= 0.3 is 5.97 Å². The number of aliphatic hydroxyl groups is 3. The summed E-state index contributed by atoms with van der Waals surface area (Å²) in [6, 6.07) is -2.13. The molecule has 1 rings (SSSR count). The van der Waals surface area contributed by atoms with Crippen molar-refractivity contribution in [1.82, 2.24) is 15.5 Å². The average molecular weight is 882 g/mol. The third-order valence-electron chi connectivity index (χ3n) is 12.5. The van der Waals surface area contributed by atoms with Crippen molar-refractivity contribution in [1.29, 1.82) is 0 Å². The SMILES string of the molecule is CCCCCCCCCCCCCCCCCCN(C(=O)CCCCCCCCCCC)[C@@H]1O[C@H](CO)[C@@H](O)[C@H](O)[C@H]1NC(=O)[C@H](CC(C)C)NC(=O)CCCCCCC(=O)O. The normalized spacial score (nSPS) is 19.4. The van der Waals surface area contributed by atoms with E-state index in [1.165, 1.54) is 109 Å². The van der Waals surface area contributed by atoms with Gasteiger partial charge in [-0.3, -0.25) is 19.2 Å². The summed E-state index contributed by atoms with van der Waals surface area (Å²) in [6.45, 7) is 8.14. The van der Waals surface area contributed by atoms with E-state index >= 15 is 0 Å². The van der Waals surface area contributed by atoms with Gasteiger partial charge in [0.1, 0.15) is 30.4 Å². The predicted molar refractivity (Wildman–Crippen MR) is 250 cm³/mol. The Morgan fingerprint density at radius 2 is 1.00 bits per heavy atom. The Hall–Kier alpha value is -2.28. The number of nitrogens with one attached hydrogen (secondary N) is 2. The smallest absolute Gasteiger partial charge is 0.303 e. The van der Waals surface area contributed by atoms with Gasteiger partial charge in [-0.2, -0.15) is 0 Å². The Labute approximate surface area is 377 Å². The largest absolute Gasteiger partial charge is 0.481 e. The predicted octanol–water partition coefficient (Wildman–Crippen LogP) is 9.88. The van der Waals surface area contributed by atoms with Crippen LogP contribution >= 0.6 is 0 Å². The Morgan fingerprint density at radius 3 is 1.44 bits per heavy atom. The zero-order valence-corrected chi connectivity index (χ0v) is 40.1. The molecule has 12 nitrogen and oxygen atoms in total. The van der Waals surface area contributed by atoms with Crippen LogP contribution in [0.25, 0.3) is 0 Å². The van der Waals surface area contributed by atoms with E-state index < -0.39 is 55.1 Å². The minimum atomic E-state index is -1.54. The van der Waals surface area contributed by atoms with Gasteiger partial charge in [0.05, 0.1) is 6.61 Å². The third kappa shape index (κ3) is 27.8. The van der Waals surface area contributed by atoms with Crippen LogP contribution in [0.1, 0.15) is 240 Å². The summed E-state index contributed by atoms with van der Waals surface area (Å²) < 4.78 is 6.23. The molecule has 6 atom stereocenters. The molecule has 0 aromatic rings. The number of amides is 3. The number of aliphatic carboxylic acids is 1. The highest BCUT2D eigenvalue weighted by atomic mass is 16.5. The molecular formula is C50H95N3O9. The molecule has 0 spiro atoms. The summed E-state index contributed by atoms with van der Waals surface area (Å²) in [5.41, 5.74) is 0. The first-order valence-electron chi connectivity index (χ1n) is 25.7. The standard InChI is InChI=1S/C50H95N3O9/c1-5-7-9-11-13-15-16-17-18-19-20-21-23-25-29-33-37-53(44(56)35-31-26-24-22-14-12-10-8-6-2)50-46(48(60)47(59)42(39-54)62-50)52-49(61)41(38-40(3)4)51-43(55)34-30-27-28-32-36-45(57)58/h40-42,46-48,50,54,59-60H,5-39H2,1-4H3,(H,51,55)(H,52,61)(H,57,58)/t41-,42+,46+,47+,48+,50+/m0/s1. The lowest BCUT2D eigenvalue weighted by Crippen LogP contribution is -2.70. The van der Waals surface area contributed by atoms with Crippen LogP contribution < -0.4 is 10.6 Å². The summed E-state index contributed by atoms with van der Waals surface area (Å²) in [5.74, 6) is -1.79. The molecule has 1 aliphatic heterocycles. The highest BCUT2D eigenvalue weighted by Gasteiger charge is 2.48. The second-order valence-corrected chi connectivity index (χ2v) is 18.8. The first kappa shape index (κ1) is 57.7. The van der Waals surface area contributed by atoms with Gasteiger partial charge in [-0.05, 0) is 38.0 Å². The fourth-order valence-electron chi connectivity index (χ4n) is 8.62. The fraction of sp³-hybridized carbons (Fsp3) is 0.920. The molecule has 1 saturated heterocycles. The van der Waals surface area contributed by atoms with E-state index in [9.17, 15) is 34.5 Å². The van der Waals surface area contributed by atoms with Gasteiger partial charge in [0.25, 0.3) is 0 Å². The summed E-state index contributed by atoms with van der Waals surface area (Å²) in [6.07, 6.45) is 27.7. The van der Waals surface area contributed by atoms with E-state index in [-0.39, 0.29) is 30.6 Å². The molecule has 0 bridgehead atoms. The molecule has 3 amide bonds. The van der Waals surface area contributed by atoms with Crippen molar-refractivity contribution < 1.29 is 44.3 Å². The molecule has 1 heterocycles. The molecule has 1 aliphatic rings. The van der Waals surface area contributed by atoms with Crippen LogP contribution in [0.4, 0.5) is 0 Å². The number of aliphatic hydroxyl groups excluding tert-OH is 3. The van der Waals surface area contributed by atoms with Crippen molar-refractivity contribution in [2.24, 2.45) is 5.92 Å². The number of carbonyl (C=O) groups excluding carboxylic acids is 3. The second kappa shape index (κ2) is 38.0. The average Bonchev–Trinajstić information content (AvgIpc) is 3.24. The van der Waals surface area contributed by atoms with Crippen LogP contribution in [0.15, 0.2) is 0 Å². The zero-order valence-electron chi connectivity index (χ0n) is 40.1. The quantitative estimate of drug-likeness (QED) is 0.0325. The molecule has 364 valence electrons. The van der Waals surface area contributed by atoms with Crippen molar-refractivity contribution in [3.8, 4) is 0 Å². The van der Waals surface area contributed by atoms with E-state index in [1.54, 1.807) is 4.90 Å². The van der Waals surface area contributed by atoms with Crippen LogP contribution in [0.5, 0.6) is 0 Å². The topological polar surface area (TPSA) is 186 Å². The molecule has 1 fully saturated rings. The number of carboxylic acid groups (broad SMARTS) is 1. The maximum absolute atomic E-state index is 14.1. The van der Waals surface area contributed by atoms with Crippen LogP contribution in [0.3, 0.4) is 0 Å². The highest BCUT2D eigenvalue weighted by molar-refractivity contribution is 5.88. The summed E-state index contributed by atoms with van der Waals surface area (Å²) in [5, 5.41) is 47.3. The van der Waals surface area contributed by atoms with Crippen LogP contribution in [0.2, 0.25) is 0 Å². The fourth-order valence-corrected chi connectivity index (χ4v) is 8.62. The molecule has 0 aromatic carbocycles. The lowest BCUT2D eigenvalue weighted by Gasteiger charge is -2.47. The summed E-state index contributed by atoms with van der Waals surface area (Å²) in [7, 11) is 0. The molecule has 12 heteroatoms. The number of unbranched alkanes of at least 4 members (excludes halogenated alkanes) is 26. The van der Waals surface area contributed by atoms with Crippen molar-refractivity contribution >= 4 is 23.7 Å². The lowest BCUT2D eigenvalue weighted by molar-refractivity contribution is -0.231. The van der Waals surface area contributed by atoms with E-state index in [2.05, 4.69) is 24.5 Å². The highest BCUT2D eigenvalue weighted by Crippen LogP contribution is 2.26. The Kier molecular flexibility index (Phi) is 35.4. The van der Waals surface area contributed by atoms with Crippen LogP contribution in [0, 0.1) is 5.92 Å². The van der Waals surface area contributed by atoms with Crippen molar-refractivity contribution in [3.63, 3.8) is 0 Å². The van der Waals surface area contributed by atoms with E-state index in [0.29, 0.717) is 57.9 Å². The maximum atomic E-state index is 14.1. The van der Waals surface area contributed by atoms with Gasteiger partial charge < -0.3 is 40.7 Å². The third-order valence-corrected chi connectivity index (χ3v) is 12.5. The zero-order chi connectivity index (χ0) is 45.8. The number of hydrogen-bond donors (Lipinski definition) is 6. The van der Waals surface area contributed by atoms with Crippen LogP contribution in [-0.2, 0) is 23.9 Å². The summed E-state index contributed by atoms with van der Waals surface area (Å²) >= 11 is 0. The first-order valence-corrected chi connectivity index (χ1v) is 25.7. The molecule has 0 aliphatic carbocycles. The van der Waals surface area contributed by atoms with Gasteiger partial charge in [-0.15, -0.1) is 0 Å². The minimum absolute atomic E-state index is 0.0408. The summed E-state index contributed by atoms with van der Waals surface area (Å²) in [4.78, 5) is 53.5. The first-order chi connectivity index (χ1) is 30.0. The number of carbonyl (C=O) groups is 4. The maximum Gasteiger partial charge on any atom is 0.303 e. The molecular weight excluding hydrogens is 787 g/mol. The van der Waals surface area contributed by atoms with Gasteiger partial charge in [0.2, 0.25) is 17.7 Å². The second-order valence-electron chi connectivity index (χ2n) is 18.8. The van der Waals surface area contributed by atoms with E-state index in [0.717, 1.165) is 38.5 Å². The van der Waals surface area contributed by atoms with Crippen LogP contribution in [-0.4, -0.2) is 98.8 Å². The molecule has 0 unspecified atom stereocenters. The molecule has 0 saturated carbocycles. The molecule has 0 radical (unpaired) electrons. The monoisotopic (exact) mass is 882 g/mol. The van der Waals surface area contributed by atoms with Crippen molar-refractivity contribution in [3.05, 3.63) is 0 Å². The molecule has 0 aromatic heterocycles.